The van der Waals surface area contributed by atoms with Gasteiger partial charge in [-0.1, -0.05) is 23.9 Å². The number of piperidine rings is 1. The molecule has 24 heavy (non-hydrogen) atoms. The van der Waals surface area contributed by atoms with E-state index in [4.69, 9.17) is 4.74 Å². The number of para-hydroxylation sites is 1. The fourth-order valence-corrected chi connectivity index (χ4v) is 5.01. The first kappa shape index (κ1) is 17.5. The minimum atomic E-state index is -0.431. The number of hydrogen-bond acceptors (Lipinski definition) is 5. The lowest BCUT2D eigenvalue weighted by Crippen LogP contribution is -2.43. The predicted molar refractivity (Wildman–Crippen MR) is 101 cm³/mol. The van der Waals surface area contributed by atoms with Crippen LogP contribution < -0.4 is 0 Å². The monoisotopic (exact) mass is 364 g/mol. The number of carbonyl (C=O) groups is 1. The first-order chi connectivity index (χ1) is 11.4. The number of likely N-dealkylation sites (tertiary alicyclic amines) is 1. The second-order valence-electron chi connectivity index (χ2n) is 7.19. The molecule has 130 valence electrons. The molecule has 4 nitrogen and oxygen atoms in total. The van der Waals surface area contributed by atoms with E-state index in [-0.39, 0.29) is 6.09 Å². The van der Waals surface area contributed by atoms with Gasteiger partial charge in [0.05, 0.1) is 10.2 Å². The number of rotatable bonds is 3. The normalized spacial score (nSPS) is 18.8. The van der Waals surface area contributed by atoms with Crippen LogP contribution in [0.2, 0.25) is 0 Å². The zero-order chi connectivity index (χ0) is 17.2. The van der Waals surface area contributed by atoms with Gasteiger partial charge in [-0.3, -0.25) is 0 Å². The minimum absolute atomic E-state index is 0.183. The number of aromatic nitrogens is 1. The molecule has 1 amide bonds. The molecule has 6 heteroatoms. The predicted octanol–water partition coefficient (Wildman–Crippen LogP) is 5.04. The highest BCUT2D eigenvalue weighted by Crippen LogP contribution is 2.32. The number of nitrogens with zero attached hydrogens (tertiary/aromatic N) is 2. The summed E-state index contributed by atoms with van der Waals surface area (Å²) in [5.74, 6) is 1.50. The highest BCUT2D eigenvalue weighted by molar-refractivity contribution is 8.01. The van der Waals surface area contributed by atoms with E-state index in [2.05, 4.69) is 23.2 Å². The van der Waals surface area contributed by atoms with Crippen molar-refractivity contribution in [1.82, 2.24) is 9.88 Å². The van der Waals surface area contributed by atoms with Crippen molar-refractivity contribution in [2.45, 2.75) is 43.6 Å². The number of thioether (sulfide) groups is 1. The van der Waals surface area contributed by atoms with Gasteiger partial charge in [0, 0.05) is 18.8 Å². The van der Waals surface area contributed by atoms with E-state index < -0.39 is 5.60 Å². The maximum Gasteiger partial charge on any atom is 0.410 e. The molecule has 2 heterocycles. The second kappa shape index (κ2) is 7.31. The number of benzene rings is 1. The highest BCUT2D eigenvalue weighted by atomic mass is 32.2. The fourth-order valence-electron chi connectivity index (χ4n) is 2.80. The summed E-state index contributed by atoms with van der Waals surface area (Å²) >= 11 is 3.56. The summed E-state index contributed by atoms with van der Waals surface area (Å²) in [5, 5.41) is 0. The van der Waals surface area contributed by atoms with Crippen molar-refractivity contribution in [3.63, 3.8) is 0 Å². The molecule has 0 unspecified atom stereocenters. The van der Waals surface area contributed by atoms with Gasteiger partial charge < -0.3 is 9.64 Å². The van der Waals surface area contributed by atoms with Gasteiger partial charge in [0.1, 0.15) is 5.60 Å². The van der Waals surface area contributed by atoms with Crippen molar-refractivity contribution >= 4 is 39.4 Å². The standard InChI is InChI=1S/C18H24N2O2S2/c1-18(2,3)22-17(21)20-10-6-7-13(11-20)12-23-16-19-14-8-4-5-9-15(14)24-16/h4-5,8-9,13H,6-7,10-12H2,1-3H3/t13-/m0/s1. The molecule has 3 rings (SSSR count). The van der Waals surface area contributed by atoms with Crippen LogP contribution >= 0.6 is 23.1 Å². The number of amides is 1. The fraction of sp³-hybridized carbons (Fsp3) is 0.556. The van der Waals surface area contributed by atoms with E-state index in [0.29, 0.717) is 5.92 Å². The summed E-state index contributed by atoms with van der Waals surface area (Å²) in [4.78, 5) is 18.8. The Balaban J connectivity index is 1.54. The molecule has 1 aromatic carbocycles. The molecule has 0 radical (unpaired) electrons. The summed E-state index contributed by atoms with van der Waals surface area (Å²) in [6.07, 6.45) is 2.03. The third-order valence-corrected chi connectivity index (χ3v) is 6.30. The van der Waals surface area contributed by atoms with Crippen molar-refractivity contribution in [3.8, 4) is 0 Å². The van der Waals surface area contributed by atoms with E-state index >= 15 is 0 Å². The highest BCUT2D eigenvalue weighted by Gasteiger charge is 2.27. The third-order valence-electron chi connectivity index (χ3n) is 3.89. The van der Waals surface area contributed by atoms with Crippen molar-refractivity contribution in [3.05, 3.63) is 24.3 Å². The topological polar surface area (TPSA) is 42.4 Å². The van der Waals surface area contributed by atoms with Crippen LogP contribution in [-0.2, 0) is 4.74 Å². The molecule has 1 fully saturated rings. The van der Waals surface area contributed by atoms with Gasteiger partial charge in [0.15, 0.2) is 4.34 Å². The molecule has 0 spiro atoms. The van der Waals surface area contributed by atoms with Crippen LogP contribution in [0.15, 0.2) is 28.6 Å². The molecule has 0 saturated carbocycles. The Hall–Kier alpha value is -1.27. The maximum absolute atomic E-state index is 12.2. The summed E-state index contributed by atoms with van der Waals surface area (Å²) in [7, 11) is 0. The van der Waals surface area contributed by atoms with Gasteiger partial charge in [-0.05, 0) is 51.7 Å². The summed E-state index contributed by atoms with van der Waals surface area (Å²) in [5.41, 5.74) is 0.642. The van der Waals surface area contributed by atoms with Crippen LogP contribution in [-0.4, -0.2) is 40.4 Å². The van der Waals surface area contributed by atoms with Gasteiger partial charge in [-0.25, -0.2) is 9.78 Å². The second-order valence-corrected chi connectivity index (χ2v) is 9.49. The molecule has 1 aliphatic heterocycles. The number of thiazole rings is 1. The number of ether oxygens (including phenoxy) is 1. The average Bonchev–Trinajstić information content (AvgIpc) is 2.94. The molecular formula is C18H24N2O2S2. The number of carbonyl (C=O) groups excluding carboxylic acids is 1. The molecule has 0 bridgehead atoms. The first-order valence-corrected chi connectivity index (χ1v) is 10.2. The van der Waals surface area contributed by atoms with Crippen LogP contribution in [0.1, 0.15) is 33.6 Å². The number of hydrogen-bond donors (Lipinski definition) is 0. The van der Waals surface area contributed by atoms with Gasteiger partial charge in [-0.15, -0.1) is 11.3 Å². The lowest BCUT2D eigenvalue weighted by atomic mass is 10.0. The summed E-state index contributed by atoms with van der Waals surface area (Å²) in [6.45, 7) is 7.32. The first-order valence-electron chi connectivity index (χ1n) is 8.37. The molecular weight excluding hydrogens is 340 g/mol. The molecule has 2 aromatic rings. The van der Waals surface area contributed by atoms with E-state index in [0.717, 1.165) is 41.5 Å². The zero-order valence-corrected chi connectivity index (χ0v) is 16.1. The zero-order valence-electron chi connectivity index (χ0n) is 14.4. The molecule has 0 N–H and O–H groups in total. The van der Waals surface area contributed by atoms with Gasteiger partial charge in [0.2, 0.25) is 0 Å². The lowest BCUT2D eigenvalue weighted by Gasteiger charge is -2.33. The van der Waals surface area contributed by atoms with Gasteiger partial charge in [0.25, 0.3) is 0 Å². The van der Waals surface area contributed by atoms with E-state index in [1.54, 1.807) is 11.3 Å². The average molecular weight is 365 g/mol. The van der Waals surface area contributed by atoms with Crippen LogP contribution in [0.5, 0.6) is 0 Å². The SMILES string of the molecule is CC(C)(C)OC(=O)N1CCC[C@H](CSc2nc3ccccc3s2)C1. The van der Waals surface area contributed by atoms with Crippen molar-refractivity contribution < 1.29 is 9.53 Å². The quantitative estimate of drug-likeness (QED) is 0.716. The van der Waals surface area contributed by atoms with Crippen molar-refractivity contribution in [2.75, 3.05) is 18.8 Å². The third kappa shape index (κ3) is 4.63. The minimum Gasteiger partial charge on any atom is -0.444 e. The largest absolute Gasteiger partial charge is 0.444 e. The van der Waals surface area contributed by atoms with E-state index in [1.807, 2.05) is 43.5 Å². The Labute approximate surface area is 151 Å². The van der Waals surface area contributed by atoms with Gasteiger partial charge in [-0.2, -0.15) is 0 Å². The van der Waals surface area contributed by atoms with Crippen LogP contribution in [0.3, 0.4) is 0 Å². The van der Waals surface area contributed by atoms with E-state index in [1.165, 1.54) is 4.70 Å². The molecule has 1 aromatic heterocycles. The summed E-state index contributed by atoms with van der Waals surface area (Å²) < 4.78 is 7.85. The van der Waals surface area contributed by atoms with Crippen LogP contribution in [0.4, 0.5) is 4.79 Å². The Kier molecular flexibility index (Phi) is 5.35. The molecule has 1 atom stereocenters. The molecule has 1 saturated heterocycles. The Bertz CT molecular complexity index is 675. The van der Waals surface area contributed by atoms with Crippen LogP contribution in [0.25, 0.3) is 10.2 Å². The Morgan fingerprint density at radius 3 is 2.96 bits per heavy atom. The van der Waals surface area contributed by atoms with Crippen molar-refractivity contribution in [2.24, 2.45) is 5.92 Å². The maximum atomic E-state index is 12.2. The number of fused-ring (bicyclic) bond motifs is 1. The lowest BCUT2D eigenvalue weighted by molar-refractivity contribution is 0.0177. The summed E-state index contributed by atoms with van der Waals surface area (Å²) in [6, 6.07) is 8.24. The Morgan fingerprint density at radius 2 is 2.21 bits per heavy atom. The van der Waals surface area contributed by atoms with E-state index in [9.17, 15) is 4.79 Å². The van der Waals surface area contributed by atoms with Crippen molar-refractivity contribution in [1.29, 1.82) is 0 Å². The molecule has 1 aliphatic rings. The Morgan fingerprint density at radius 1 is 1.42 bits per heavy atom. The van der Waals surface area contributed by atoms with Crippen LogP contribution in [0, 0.1) is 5.92 Å². The molecule has 0 aliphatic carbocycles. The smallest absolute Gasteiger partial charge is 0.410 e. The van der Waals surface area contributed by atoms with Gasteiger partial charge >= 0.3 is 6.09 Å².